The molecule has 0 saturated carbocycles. The number of benzene rings is 1. The molecule has 1 amide bonds. The average molecular weight is 393 g/mol. The third-order valence-electron chi connectivity index (χ3n) is 3.73. The standard InChI is InChI=1S/C14H18ClIN2O/c1-9(17)10-4-6-18(7-5-10)14(19)12-8-11(15)2-3-13(12)16/h2-3,8-10H,4-7,17H2,1H3. The highest BCUT2D eigenvalue weighted by molar-refractivity contribution is 14.1. The average Bonchev–Trinajstić information content (AvgIpc) is 2.41. The second-order valence-electron chi connectivity index (χ2n) is 5.11. The third kappa shape index (κ3) is 3.61. The number of nitrogens with two attached hydrogens (primary N) is 1. The van der Waals surface area contributed by atoms with Gasteiger partial charge in [0.15, 0.2) is 0 Å². The van der Waals surface area contributed by atoms with Crippen LogP contribution in [0.15, 0.2) is 18.2 Å². The van der Waals surface area contributed by atoms with E-state index in [0.717, 1.165) is 29.5 Å². The van der Waals surface area contributed by atoms with E-state index < -0.39 is 0 Å². The first kappa shape index (κ1) is 15.1. The maximum absolute atomic E-state index is 12.5. The van der Waals surface area contributed by atoms with Gasteiger partial charge in [0.1, 0.15) is 0 Å². The highest BCUT2D eigenvalue weighted by Gasteiger charge is 2.26. The molecule has 19 heavy (non-hydrogen) atoms. The molecule has 1 aliphatic heterocycles. The molecule has 1 aliphatic rings. The van der Waals surface area contributed by atoms with E-state index in [9.17, 15) is 4.79 Å². The Labute approximate surface area is 132 Å². The van der Waals surface area contributed by atoms with Crippen molar-refractivity contribution in [3.05, 3.63) is 32.4 Å². The van der Waals surface area contributed by atoms with E-state index >= 15 is 0 Å². The minimum atomic E-state index is 0.0787. The van der Waals surface area contributed by atoms with Gasteiger partial charge in [-0.05, 0) is 66.5 Å². The van der Waals surface area contributed by atoms with Crippen LogP contribution in [0.2, 0.25) is 5.02 Å². The zero-order valence-corrected chi connectivity index (χ0v) is 13.8. The van der Waals surface area contributed by atoms with Crippen molar-refractivity contribution in [2.24, 2.45) is 11.7 Å². The van der Waals surface area contributed by atoms with Gasteiger partial charge >= 0.3 is 0 Å². The lowest BCUT2D eigenvalue weighted by atomic mass is 9.90. The fourth-order valence-corrected chi connectivity index (χ4v) is 3.20. The van der Waals surface area contributed by atoms with E-state index in [-0.39, 0.29) is 11.9 Å². The minimum absolute atomic E-state index is 0.0787. The van der Waals surface area contributed by atoms with Crippen LogP contribution >= 0.6 is 34.2 Å². The number of piperidine rings is 1. The number of amides is 1. The first-order chi connectivity index (χ1) is 8.99. The summed E-state index contributed by atoms with van der Waals surface area (Å²) in [6.07, 6.45) is 1.97. The van der Waals surface area contributed by atoms with Gasteiger partial charge in [0.25, 0.3) is 5.91 Å². The van der Waals surface area contributed by atoms with Crippen molar-refractivity contribution in [3.63, 3.8) is 0 Å². The third-order valence-corrected chi connectivity index (χ3v) is 4.90. The Hall–Kier alpha value is -0.330. The molecule has 0 bridgehead atoms. The normalized spacial score (nSPS) is 18.4. The predicted octanol–water partition coefficient (Wildman–Crippen LogP) is 3.14. The first-order valence-corrected chi connectivity index (χ1v) is 7.94. The largest absolute Gasteiger partial charge is 0.339 e. The van der Waals surface area contributed by atoms with Gasteiger partial charge in [0, 0.05) is 27.7 Å². The Morgan fingerprint density at radius 1 is 1.47 bits per heavy atom. The molecule has 1 aromatic rings. The van der Waals surface area contributed by atoms with Gasteiger partial charge < -0.3 is 10.6 Å². The van der Waals surface area contributed by atoms with E-state index in [0.29, 0.717) is 16.5 Å². The molecule has 0 spiro atoms. The SMILES string of the molecule is CC(N)C1CCN(C(=O)c2cc(Cl)ccc2I)CC1. The molecule has 1 saturated heterocycles. The number of hydrogen-bond donors (Lipinski definition) is 1. The summed E-state index contributed by atoms with van der Waals surface area (Å²) in [6.45, 7) is 3.61. The van der Waals surface area contributed by atoms with Crippen molar-refractivity contribution < 1.29 is 4.79 Å². The molecule has 0 aliphatic carbocycles. The van der Waals surface area contributed by atoms with Gasteiger partial charge in [0.05, 0.1) is 5.56 Å². The van der Waals surface area contributed by atoms with Gasteiger partial charge in [-0.2, -0.15) is 0 Å². The Kier molecular flexibility index (Phi) is 5.09. The fraction of sp³-hybridized carbons (Fsp3) is 0.500. The van der Waals surface area contributed by atoms with Crippen molar-refractivity contribution in [2.45, 2.75) is 25.8 Å². The van der Waals surface area contributed by atoms with Crippen LogP contribution in [0.25, 0.3) is 0 Å². The summed E-state index contributed by atoms with van der Waals surface area (Å²) in [5.41, 5.74) is 6.62. The number of halogens is 2. The second-order valence-corrected chi connectivity index (χ2v) is 6.71. The van der Waals surface area contributed by atoms with Gasteiger partial charge in [0.2, 0.25) is 0 Å². The van der Waals surface area contributed by atoms with E-state index in [1.54, 1.807) is 6.07 Å². The molecule has 2 rings (SSSR count). The van der Waals surface area contributed by atoms with Crippen LogP contribution in [-0.4, -0.2) is 29.9 Å². The molecule has 0 aromatic heterocycles. The highest BCUT2D eigenvalue weighted by atomic mass is 127. The van der Waals surface area contributed by atoms with Crippen molar-refractivity contribution in [1.29, 1.82) is 0 Å². The molecule has 1 fully saturated rings. The summed E-state index contributed by atoms with van der Waals surface area (Å²) in [5, 5.41) is 0.606. The zero-order valence-electron chi connectivity index (χ0n) is 10.9. The van der Waals surface area contributed by atoms with Crippen LogP contribution in [-0.2, 0) is 0 Å². The van der Waals surface area contributed by atoms with Crippen LogP contribution in [0.5, 0.6) is 0 Å². The molecular weight excluding hydrogens is 375 g/mol. The summed E-state index contributed by atoms with van der Waals surface area (Å²) in [5.74, 6) is 0.609. The van der Waals surface area contributed by atoms with Crippen molar-refractivity contribution in [2.75, 3.05) is 13.1 Å². The summed E-state index contributed by atoms with van der Waals surface area (Å²) >= 11 is 8.15. The van der Waals surface area contributed by atoms with E-state index in [1.807, 2.05) is 24.0 Å². The topological polar surface area (TPSA) is 46.3 Å². The molecule has 104 valence electrons. The summed E-state index contributed by atoms with van der Waals surface area (Å²) < 4.78 is 0.946. The second kappa shape index (κ2) is 6.41. The molecule has 1 heterocycles. The van der Waals surface area contributed by atoms with E-state index in [4.69, 9.17) is 17.3 Å². The number of likely N-dealkylation sites (tertiary alicyclic amines) is 1. The Morgan fingerprint density at radius 3 is 2.68 bits per heavy atom. The monoisotopic (exact) mass is 392 g/mol. The molecule has 3 nitrogen and oxygen atoms in total. The Bertz CT molecular complexity index is 471. The smallest absolute Gasteiger partial charge is 0.254 e. The van der Waals surface area contributed by atoms with E-state index in [1.165, 1.54) is 0 Å². The molecule has 1 unspecified atom stereocenters. The van der Waals surface area contributed by atoms with Crippen LogP contribution in [0, 0.1) is 9.49 Å². The van der Waals surface area contributed by atoms with Crippen molar-refractivity contribution >= 4 is 40.1 Å². The lowest BCUT2D eigenvalue weighted by Crippen LogP contribution is -2.42. The Balaban J connectivity index is 2.07. The van der Waals surface area contributed by atoms with Gasteiger partial charge in [-0.1, -0.05) is 11.6 Å². The summed E-state index contributed by atoms with van der Waals surface area (Å²) in [6, 6.07) is 5.65. The van der Waals surface area contributed by atoms with E-state index in [2.05, 4.69) is 22.6 Å². The molecule has 0 radical (unpaired) electrons. The minimum Gasteiger partial charge on any atom is -0.339 e. The van der Waals surface area contributed by atoms with Gasteiger partial charge in [-0.15, -0.1) is 0 Å². The lowest BCUT2D eigenvalue weighted by molar-refractivity contribution is 0.0680. The summed E-state index contributed by atoms with van der Waals surface area (Å²) in [7, 11) is 0. The lowest BCUT2D eigenvalue weighted by Gasteiger charge is -2.34. The summed E-state index contributed by atoms with van der Waals surface area (Å²) in [4.78, 5) is 14.4. The molecule has 5 heteroatoms. The molecule has 1 atom stereocenters. The number of carbonyl (C=O) groups excluding carboxylic acids is 1. The van der Waals surface area contributed by atoms with Crippen LogP contribution in [0.4, 0.5) is 0 Å². The Morgan fingerprint density at radius 2 is 2.11 bits per heavy atom. The van der Waals surface area contributed by atoms with Crippen molar-refractivity contribution in [1.82, 2.24) is 4.90 Å². The zero-order chi connectivity index (χ0) is 14.0. The van der Waals surface area contributed by atoms with Crippen LogP contribution in [0.3, 0.4) is 0 Å². The fourth-order valence-electron chi connectivity index (χ4n) is 2.46. The first-order valence-electron chi connectivity index (χ1n) is 6.49. The predicted molar refractivity (Wildman–Crippen MR) is 86.4 cm³/mol. The molecule has 2 N–H and O–H groups in total. The quantitative estimate of drug-likeness (QED) is 0.786. The van der Waals surface area contributed by atoms with Gasteiger partial charge in [-0.3, -0.25) is 4.79 Å². The van der Waals surface area contributed by atoms with Crippen LogP contribution in [0.1, 0.15) is 30.1 Å². The maximum Gasteiger partial charge on any atom is 0.254 e. The maximum atomic E-state index is 12.5. The van der Waals surface area contributed by atoms with Crippen LogP contribution < -0.4 is 5.73 Å². The number of nitrogens with zero attached hydrogens (tertiary/aromatic N) is 1. The number of rotatable bonds is 2. The van der Waals surface area contributed by atoms with Crippen molar-refractivity contribution in [3.8, 4) is 0 Å². The number of hydrogen-bond acceptors (Lipinski definition) is 2. The highest BCUT2D eigenvalue weighted by Crippen LogP contribution is 2.24. The molecule has 1 aromatic carbocycles. The molecular formula is C14H18ClIN2O. The number of carbonyl (C=O) groups is 1. The van der Waals surface area contributed by atoms with Gasteiger partial charge in [-0.25, -0.2) is 0 Å².